The highest BCUT2D eigenvalue weighted by Crippen LogP contribution is 2.37. The summed E-state index contributed by atoms with van der Waals surface area (Å²) in [5.74, 6) is -0.326. The first-order valence-corrected chi connectivity index (χ1v) is 7.71. The summed E-state index contributed by atoms with van der Waals surface area (Å²) in [4.78, 5) is 9.71. The summed E-state index contributed by atoms with van der Waals surface area (Å²) in [7, 11) is 1.12. The molecule has 0 unspecified atom stereocenters. The SMILES string of the molecule is CCOc1c([N+](=O)[O-])cc(I)cc1S(=O)(=O)Cl. The maximum absolute atomic E-state index is 11.3. The topological polar surface area (TPSA) is 86.5 Å². The minimum atomic E-state index is -4.10. The van der Waals surface area contributed by atoms with Crippen LogP contribution in [0.15, 0.2) is 17.0 Å². The molecule has 0 N–H and O–H groups in total. The van der Waals surface area contributed by atoms with Gasteiger partial charge in [0, 0.05) is 20.3 Å². The molecule has 0 aliphatic carbocycles. The van der Waals surface area contributed by atoms with Gasteiger partial charge in [-0.05, 0) is 35.6 Å². The van der Waals surface area contributed by atoms with Gasteiger partial charge in [-0.25, -0.2) is 8.42 Å². The fourth-order valence-electron chi connectivity index (χ4n) is 1.16. The van der Waals surface area contributed by atoms with Crippen molar-refractivity contribution in [1.29, 1.82) is 0 Å². The fourth-order valence-corrected chi connectivity index (χ4v) is 2.98. The summed E-state index contributed by atoms with van der Waals surface area (Å²) >= 11 is 1.77. The lowest BCUT2D eigenvalue weighted by molar-refractivity contribution is -0.386. The molecule has 17 heavy (non-hydrogen) atoms. The number of benzene rings is 1. The Morgan fingerprint density at radius 3 is 2.53 bits per heavy atom. The van der Waals surface area contributed by atoms with Crippen LogP contribution in [0.5, 0.6) is 5.75 Å². The monoisotopic (exact) mass is 391 g/mol. The Bertz CT molecular complexity index is 559. The molecule has 0 radical (unpaired) electrons. The van der Waals surface area contributed by atoms with Crippen molar-refractivity contribution < 1.29 is 18.1 Å². The van der Waals surface area contributed by atoms with Crippen LogP contribution in [0.25, 0.3) is 0 Å². The zero-order valence-electron chi connectivity index (χ0n) is 8.51. The van der Waals surface area contributed by atoms with Gasteiger partial charge in [0.25, 0.3) is 9.05 Å². The molecule has 0 spiro atoms. The Balaban J connectivity index is 3.63. The second-order valence-electron chi connectivity index (χ2n) is 2.88. The van der Waals surface area contributed by atoms with Crippen LogP contribution >= 0.6 is 33.3 Å². The van der Waals surface area contributed by atoms with Gasteiger partial charge in [0.1, 0.15) is 4.90 Å². The highest BCUT2D eigenvalue weighted by Gasteiger charge is 2.27. The van der Waals surface area contributed by atoms with Gasteiger partial charge in [0.05, 0.1) is 11.5 Å². The quantitative estimate of drug-likeness (QED) is 0.341. The minimum Gasteiger partial charge on any atom is -0.486 e. The normalized spacial score (nSPS) is 11.2. The van der Waals surface area contributed by atoms with E-state index in [-0.39, 0.29) is 17.3 Å². The molecule has 0 fully saturated rings. The van der Waals surface area contributed by atoms with E-state index in [1.165, 1.54) is 12.1 Å². The zero-order chi connectivity index (χ0) is 13.2. The molecule has 0 bridgehead atoms. The second-order valence-corrected chi connectivity index (χ2v) is 6.66. The van der Waals surface area contributed by atoms with Crippen LogP contribution in [0, 0.1) is 13.7 Å². The summed E-state index contributed by atoms with van der Waals surface area (Å²) in [6, 6.07) is 2.44. The molecular formula is C8H7ClINO5S. The molecule has 1 rings (SSSR count). The largest absolute Gasteiger partial charge is 0.486 e. The van der Waals surface area contributed by atoms with Crippen molar-refractivity contribution >= 4 is 48.0 Å². The van der Waals surface area contributed by atoms with Crippen LogP contribution in [-0.4, -0.2) is 19.9 Å². The first-order chi connectivity index (χ1) is 7.77. The molecule has 1 aromatic rings. The van der Waals surface area contributed by atoms with E-state index in [0.29, 0.717) is 3.57 Å². The Kier molecular flexibility index (Phi) is 4.55. The van der Waals surface area contributed by atoms with Crippen LogP contribution in [-0.2, 0) is 9.05 Å². The van der Waals surface area contributed by atoms with Crippen LogP contribution in [0.3, 0.4) is 0 Å². The molecule has 9 heteroatoms. The Morgan fingerprint density at radius 2 is 2.12 bits per heavy atom. The number of halogens is 2. The molecule has 6 nitrogen and oxygen atoms in total. The molecule has 0 amide bonds. The average Bonchev–Trinajstić information content (AvgIpc) is 2.18. The minimum absolute atomic E-state index is 0.0981. The maximum Gasteiger partial charge on any atom is 0.313 e. The summed E-state index contributed by atoms with van der Waals surface area (Å²) in [6.07, 6.45) is 0. The molecule has 94 valence electrons. The zero-order valence-corrected chi connectivity index (χ0v) is 12.2. The number of nitrogens with zero attached hydrogens (tertiary/aromatic N) is 1. The van der Waals surface area contributed by atoms with Crippen LogP contribution in [0.1, 0.15) is 6.92 Å². The number of hydrogen-bond donors (Lipinski definition) is 0. The van der Waals surface area contributed by atoms with Crippen molar-refractivity contribution in [1.82, 2.24) is 0 Å². The third kappa shape index (κ3) is 3.42. The molecule has 0 atom stereocenters. The molecular weight excluding hydrogens is 385 g/mol. The van der Waals surface area contributed by atoms with Crippen LogP contribution in [0.4, 0.5) is 5.69 Å². The third-order valence-corrected chi connectivity index (χ3v) is 3.70. The second kappa shape index (κ2) is 5.36. The van der Waals surface area contributed by atoms with Gasteiger partial charge in [0.15, 0.2) is 0 Å². The summed E-state index contributed by atoms with van der Waals surface area (Å²) < 4.78 is 28.0. The number of nitro groups is 1. The van der Waals surface area contributed by atoms with E-state index in [2.05, 4.69) is 0 Å². The molecule has 0 saturated carbocycles. The van der Waals surface area contributed by atoms with Gasteiger partial charge in [-0.3, -0.25) is 10.1 Å². The van der Waals surface area contributed by atoms with Crippen molar-refractivity contribution in [3.05, 3.63) is 25.8 Å². The molecule has 0 aromatic heterocycles. The Morgan fingerprint density at radius 1 is 1.53 bits per heavy atom. The lowest BCUT2D eigenvalue weighted by atomic mass is 10.3. The molecule has 0 heterocycles. The first kappa shape index (κ1) is 14.5. The smallest absolute Gasteiger partial charge is 0.313 e. The Labute approximate surface area is 116 Å². The van der Waals surface area contributed by atoms with Crippen molar-refractivity contribution in [2.24, 2.45) is 0 Å². The van der Waals surface area contributed by atoms with E-state index >= 15 is 0 Å². The van der Waals surface area contributed by atoms with Crippen molar-refractivity contribution in [3.63, 3.8) is 0 Å². The van der Waals surface area contributed by atoms with Crippen LogP contribution in [0.2, 0.25) is 0 Å². The van der Waals surface area contributed by atoms with Crippen LogP contribution < -0.4 is 4.74 Å². The predicted molar refractivity (Wildman–Crippen MR) is 70.0 cm³/mol. The lowest BCUT2D eigenvalue weighted by Gasteiger charge is -2.08. The van der Waals surface area contributed by atoms with Gasteiger partial charge in [0.2, 0.25) is 5.75 Å². The van der Waals surface area contributed by atoms with Gasteiger partial charge in [-0.1, -0.05) is 0 Å². The molecule has 0 aliphatic rings. The van der Waals surface area contributed by atoms with E-state index < -0.39 is 19.7 Å². The molecule has 0 saturated heterocycles. The fraction of sp³-hybridized carbons (Fsp3) is 0.250. The number of ether oxygens (including phenoxy) is 1. The van der Waals surface area contributed by atoms with E-state index in [9.17, 15) is 18.5 Å². The van der Waals surface area contributed by atoms with E-state index in [4.69, 9.17) is 15.4 Å². The van der Waals surface area contributed by atoms with Crippen molar-refractivity contribution in [3.8, 4) is 5.75 Å². The number of nitro benzene ring substituents is 1. The van der Waals surface area contributed by atoms with Crippen molar-refractivity contribution in [2.75, 3.05) is 6.61 Å². The third-order valence-electron chi connectivity index (χ3n) is 1.75. The van der Waals surface area contributed by atoms with E-state index in [0.717, 1.165) is 0 Å². The number of hydrogen-bond acceptors (Lipinski definition) is 5. The summed E-state index contributed by atoms with van der Waals surface area (Å²) in [5.41, 5.74) is -0.419. The standard InChI is InChI=1S/C8H7ClINO5S/c1-2-16-8-6(11(12)13)3-5(10)4-7(8)17(9,14)15/h3-4H,2H2,1H3. The van der Waals surface area contributed by atoms with Crippen molar-refractivity contribution in [2.45, 2.75) is 11.8 Å². The van der Waals surface area contributed by atoms with E-state index in [1.54, 1.807) is 29.5 Å². The van der Waals surface area contributed by atoms with Gasteiger partial charge in [-0.15, -0.1) is 0 Å². The average molecular weight is 392 g/mol. The molecule has 1 aromatic carbocycles. The van der Waals surface area contributed by atoms with Gasteiger partial charge in [-0.2, -0.15) is 0 Å². The maximum atomic E-state index is 11.3. The predicted octanol–water partition coefficient (Wildman–Crippen LogP) is 2.53. The summed E-state index contributed by atoms with van der Waals surface area (Å²) in [5, 5.41) is 10.8. The van der Waals surface area contributed by atoms with E-state index in [1.807, 2.05) is 0 Å². The highest BCUT2D eigenvalue weighted by molar-refractivity contribution is 14.1. The molecule has 0 aliphatic heterocycles. The first-order valence-electron chi connectivity index (χ1n) is 4.32. The van der Waals surface area contributed by atoms with Gasteiger partial charge < -0.3 is 4.74 Å². The van der Waals surface area contributed by atoms with Gasteiger partial charge >= 0.3 is 5.69 Å². The number of rotatable bonds is 4. The summed E-state index contributed by atoms with van der Waals surface area (Å²) in [6.45, 7) is 1.69. The highest BCUT2D eigenvalue weighted by atomic mass is 127. The lowest BCUT2D eigenvalue weighted by Crippen LogP contribution is -2.04. The Hall–Kier alpha value is -0.610.